The number of thiophene rings is 1. The maximum absolute atomic E-state index is 12.6. The van der Waals surface area contributed by atoms with Crippen molar-refractivity contribution in [3.63, 3.8) is 0 Å². The Hall–Kier alpha value is -2.63. The van der Waals surface area contributed by atoms with Gasteiger partial charge in [-0.05, 0) is 42.5 Å². The molecule has 3 aromatic rings. The zero-order chi connectivity index (χ0) is 20.2. The first-order valence-corrected chi connectivity index (χ1v) is 10.7. The molecule has 1 aliphatic heterocycles. The molecule has 9 nitrogen and oxygen atoms in total. The van der Waals surface area contributed by atoms with E-state index in [-0.39, 0.29) is 12.0 Å². The average Bonchev–Trinajstić information content (AvgIpc) is 3.46. The second-order valence-electron chi connectivity index (χ2n) is 6.48. The SMILES string of the molecule is COC(C(=O)Nc1nnc(O[C@@H]2CCN(c3cccnn3)C2)s1)c1ccc(C)s1. The molecular weight excluding hydrogens is 412 g/mol. The number of ether oxygens (including phenoxy) is 2. The number of amides is 1. The van der Waals surface area contributed by atoms with E-state index < -0.39 is 6.10 Å². The average molecular weight is 433 g/mol. The lowest BCUT2D eigenvalue weighted by molar-refractivity contribution is -0.125. The summed E-state index contributed by atoms with van der Waals surface area (Å²) in [6.07, 6.45) is 1.80. The van der Waals surface area contributed by atoms with Gasteiger partial charge in [-0.15, -0.1) is 21.5 Å². The predicted octanol–water partition coefficient (Wildman–Crippen LogP) is 2.68. The fourth-order valence-corrected chi connectivity index (χ4v) is 4.68. The second kappa shape index (κ2) is 8.80. The molecule has 0 spiro atoms. The van der Waals surface area contributed by atoms with Gasteiger partial charge in [-0.2, -0.15) is 5.10 Å². The minimum Gasteiger partial charge on any atom is -0.464 e. The quantitative estimate of drug-likeness (QED) is 0.608. The molecule has 152 valence electrons. The normalized spacial score (nSPS) is 17.3. The van der Waals surface area contributed by atoms with Crippen molar-refractivity contribution >= 4 is 39.5 Å². The van der Waals surface area contributed by atoms with Crippen LogP contribution < -0.4 is 15.0 Å². The molecule has 4 heterocycles. The summed E-state index contributed by atoms with van der Waals surface area (Å²) in [6, 6.07) is 7.64. The van der Waals surface area contributed by atoms with Crippen LogP contribution in [-0.2, 0) is 9.53 Å². The number of methoxy groups -OCH3 is 1. The molecule has 0 bridgehead atoms. The predicted molar refractivity (Wildman–Crippen MR) is 111 cm³/mol. The van der Waals surface area contributed by atoms with Gasteiger partial charge in [-0.25, -0.2) is 0 Å². The molecule has 2 atom stereocenters. The molecule has 4 rings (SSSR count). The number of carbonyl (C=O) groups is 1. The molecule has 3 aromatic heterocycles. The molecule has 0 saturated carbocycles. The van der Waals surface area contributed by atoms with E-state index >= 15 is 0 Å². The summed E-state index contributed by atoms with van der Waals surface area (Å²) in [6.45, 7) is 3.52. The van der Waals surface area contributed by atoms with Crippen molar-refractivity contribution in [2.75, 3.05) is 30.4 Å². The molecule has 1 saturated heterocycles. The van der Waals surface area contributed by atoms with Gasteiger partial charge in [0.25, 0.3) is 11.1 Å². The lowest BCUT2D eigenvalue weighted by atomic mass is 10.2. The summed E-state index contributed by atoms with van der Waals surface area (Å²) in [7, 11) is 1.51. The highest BCUT2D eigenvalue weighted by Gasteiger charge is 2.27. The third kappa shape index (κ3) is 4.69. The first kappa shape index (κ1) is 19.7. The van der Waals surface area contributed by atoms with E-state index in [1.165, 1.54) is 29.8 Å². The van der Waals surface area contributed by atoms with Crippen LogP contribution in [0.2, 0.25) is 0 Å². The van der Waals surface area contributed by atoms with Crippen LogP contribution in [0.25, 0.3) is 0 Å². The summed E-state index contributed by atoms with van der Waals surface area (Å²) in [5, 5.41) is 19.7. The van der Waals surface area contributed by atoms with Crippen molar-refractivity contribution in [3.8, 4) is 5.19 Å². The van der Waals surface area contributed by atoms with E-state index in [1.54, 1.807) is 6.20 Å². The number of nitrogens with zero attached hydrogens (tertiary/aromatic N) is 5. The van der Waals surface area contributed by atoms with Gasteiger partial charge in [-0.3, -0.25) is 10.1 Å². The number of aryl methyl sites for hydroxylation is 1. The maximum atomic E-state index is 12.6. The van der Waals surface area contributed by atoms with Crippen LogP contribution >= 0.6 is 22.7 Å². The van der Waals surface area contributed by atoms with Gasteiger partial charge < -0.3 is 14.4 Å². The summed E-state index contributed by atoms with van der Waals surface area (Å²) >= 11 is 2.73. The van der Waals surface area contributed by atoms with Crippen LogP contribution in [0.3, 0.4) is 0 Å². The summed E-state index contributed by atoms with van der Waals surface area (Å²) in [5.41, 5.74) is 0. The van der Waals surface area contributed by atoms with Crippen LogP contribution in [-0.4, -0.2) is 52.6 Å². The van der Waals surface area contributed by atoms with Crippen LogP contribution in [0.15, 0.2) is 30.5 Å². The van der Waals surface area contributed by atoms with Crippen molar-refractivity contribution in [2.24, 2.45) is 0 Å². The van der Waals surface area contributed by atoms with E-state index in [1.807, 2.05) is 31.2 Å². The number of carbonyl (C=O) groups excluding carboxylic acids is 1. The topological polar surface area (TPSA) is 102 Å². The number of aromatic nitrogens is 4. The van der Waals surface area contributed by atoms with Crippen molar-refractivity contribution < 1.29 is 14.3 Å². The number of hydrogen-bond acceptors (Lipinski definition) is 10. The Kier molecular flexibility index (Phi) is 5.97. The van der Waals surface area contributed by atoms with Crippen LogP contribution in [0.5, 0.6) is 5.19 Å². The molecule has 1 N–H and O–H groups in total. The smallest absolute Gasteiger partial charge is 0.296 e. The zero-order valence-corrected chi connectivity index (χ0v) is 17.6. The molecule has 11 heteroatoms. The first-order valence-electron chi connectivity index (χ1n) is 9.05. The van der Waals surface area contributed by atoms with Crippen LogP contribution in [0.4, 0.5) is 10.9 Å². The summed E-state index contributed by atoms with van der Waals surface area (Å²) in [4.78, 5) is 16.6. The van der Waals surface area contributed by atoms with Gasteiger partial charge >= 0.3 is 0 Å². The Bertz CT molecular complexity index is 963. The Morgan fingerprint density at radius 3 is 2.90 bits per heavy atom. The minimum absolute atomic E-state index is 0.0191. The standard InChI is InChI=1S/C18H20N6O3S2/c1-11-5-6-13(28-11)15(26-2)16(25)20-17-22-23-18(29-17)27-12-7-9-24(10-12)14-4-3-8-19-21-14/h3-6,8,12,15H,7,9-10H2,1-2H3,(H,20,22,25)/t12-,15?/m1/s1. The number of anilines is 2. The van der Waals surface area contributed by atoms with Gasteiger partial charge in [0.15, 0.2) is 11.9 Å². The number of rotatable bonds is 7. The molecule has 1 fully saturated rings. The third-order valence-electron chi connectivity index (χ3n) is 4.42. The first-order chi connectivity index (χ1) is 14.1. The highest BCUT2D eigenvalue weighted by Crippen LogP contribution is 2.29. The van der Waals surface area contributed by atoms with E-state index in [4.69, 9.17) is 9.47 Å². The lowest BCUT2D eigenvalue weighted by Gasteiger charge is -2.16. The molecule has 0 aliphatic carbocycles. The van der Waals surface area contributed by atoms with Gasteiger partial charge in [0.05, 0.1) is 6.54 Å². The van der Waals surface area contributed by atoms with Crippen molar-refractivity contribution in [1.29, 1.82) is 0 Å². The van der Waals surface area contributed by atoms with Crippen molar-refractivity contribution in [3.05, 3.63) is 40.2 Å². The zero-order valence-electron chi connectivity index (χ0n) is 15.9. The minimum atomic E-state index is -0.683. The van der Waals surface area contributed by atoms with Crippen LogP contribution in [0, 0.1) is 6.92 Å². The molecule has 0 aromatic carbocycles. The van der Waals surface area contributed by atoms with E-state index in [0.29, 0.717) is 16.9 Å². The molecular formula is C18H20N6O3S2. The summed E-state index contributed by atoms with van der Waals surface area (Å²) < 4.78 is 11.3. The molecule has 1 aliphatic rings. The number of hydrogen-bond donors (Lipinski definition) is 1. The monoisotopic (exact) mass is 432 g/mol. The van der Waals surface area contributed by atoms with Crippen molar-refractivity contribution in [1.82, 2.24) is 20.4 Å². The Morgan fingerprint density at radius 1 is 1.28 bits per heavy atom. The third-order valence-corrected chi connectivity index (χ3v) is 6.20. The lowest BCUT2D eigenvalue weighted by Crippen LogP contribution is -2.25. The Morgan fingerprint density at radius 2 is 2.17 bits per heavy atom. The highest BCUT2D eigenvalue weighted by atomic mass is 32.1. The molecule has 1 amide bonds. The molecule has 0 radical (unpaired) electrons. The van der Waals surface area contributed by atoms with Gasteiger partial charge in [0.1, 0.15) is 6.10 Å². The molecule has 29 heavy (non-hydrogen) atoms. The maximum Gasteiger partial charge on any atom is 0.296 e. The van der Waals surface area contributed by atoms with E-state index in [0.717, 1.165) is 28.5 Å². The van der Waals surface area contributed by atoms with Gasteiger partial charge in [-0.1, -0.05) is 5.10 Å². The molecule has 1 unspecified atom stereocenters. The second-order valence-corrected chi connectivity index (χ2v) is 8.74. The van der Waals surface area contributed by atoms with E-state index in [2.05, 4.69) is 30.6 Å². The van der Waals surface area contributed by atoms with Crippen molar-refractivity contribution in [2.45, 2.75) is 25.6 Å². The van der Waals surface area contributed by atoms with Gasteiger partial charge in [0.2, 0.25) is 5.13 Å². The largest absolute Gasteiger partial charge is 0.464 e. The Balaban J connectivity index is 1.33. The number of nitrogens with one attached hydrogen (secondary N) is 1. The van der Waals surface area contributed by atoms with Crippen LogP contribution in [0.1, 0.15) is 22.3 Å². The summed E-state index contributed by atoms with van der Waals surface area (Å²) in [5.74, 6) is 0.546. The van der Waals surface area contributed by atoms with E-state index in [9.17, 15) is 4.79 Å². The van der Waals surface area contributed by atoms with Gasteiger partial charge in [0, 0.05) is 36.0 Å². The fraction of sp³-hybridized carbons (Fsp3) is 0.389. The fourth-order valence-electron chi connectivity index (χ4n) is 3.06. The Labute approximate surface area is 175 Å². The highest BCUT2D eigenvalue weighted by molar-refractivity contribution is 7.17.